The van der Waals surface area contributed by atoms with Crippen molar-refractivity contribution in [3.05, 3.63) is 17.7 Å². The highest BCUT2D eigenvalue weighted by Crippen LogP contribution is 2.27. The summed E-state index contributed by atoms with van der Waals surface area (Å²) in [7, 11) is 0. The van der Waals surface area contributed by atoms with Crippen molar-refractivity contribution in [1.29, 1.82) is 0 Å². The van der Waals surface area contributed by atoms with E-state index in [4.69, 9.17) is 18.0 Å². The lowest BCUT2D eigenvalue weighted by Crippen LogP contribution is -2.20. The Morgan fingerprint density at radius 3 is 2.40 bits per heavy atom. The van der Waals surface area contributed by atoms with Crippen molar-refractivity contribution in [2.75, 3.05) is 0 Å². The van der Waals surface area contributed by atoms with Crippen LogP contribution in [0.5, 0.6) is 5.75 Å². The molecule has 0 unspecified atom stereocenters. The zero-order valence-electron chi connectivity index (χ0n) is 8.90. The number of nitrogens with zero attached hydrogens (tertiary/aromatic N) is 2. The van der Waals surface area contributed by atoms with Crippen LogP contribution in [0.3, 0.4) is 0 Å². The van der Waals surface area contributed by atoms with Gasteiger partial charge in [-0.3, -0.25) is 0 Å². The molecule has 0 aliphatic carbocycles. The first-order chi connectivity index (χ1) is 6.32. The van der Waals surface area contributed by atoms with Gasteiger partial charge in [-0.25, -0.2) is 9.97 Å². The summed E-state index contributed by atoms with van der Waals surface area (Å²) in [6, 6.07) is 0. The highest BCUT2D eigenvalue weighted by atomic mass is 32.1. The van der Waals surface area contributed by atoms with Crippen molar-refractivity contribution in [2.24, 2.45) is 5.73 Å². The van der Waals surface area contributed by atoms with E-state index in [0.29, 0.717) is 11.5 Å². The van der Waals surface area contributed by atoms with Gasteiger partial charge in [0.2, 0.25) is 0 Å². The Morgan fingerprint density at radius 1 is 1.47 bits per heavy atom. The van der Waals surface area contributed by atoms with E-state index in [2.05, 4.69) is 9.97 Å². The number of rotatable bonds is 1. The number of aromatic nitrogens is 2. The van der Waals surface area contributed by atoms with Crippen LogP contribution in [0.2, 0.25) is 0 Å². The summed E-state index contributed by atoms with van der Waals surface area (Å²) < 4.78 is 0. The van der Waals surface area contributed by atoms with E-state index < -0.39 is 0 Å². The van der Waals surface area contributed by atoms with E-state index in [0.717, 1.165) is 0 Å². The van der Waals surface area contributed by atoms with Crippen LogP contribution in [0.1, 0.15) is 32.3 Å². The molecular weight excluding hydrogens is 230 g/mol. The summed E-state index contributed by atoms with van der Waals surface area (Å²) >= 11 is 4.76. The number of aromatic hydroxyl groups is 1. The maximum atomic E-state index is 9.54. The molecule has 1 aromatic rings. The minimum Gasteiger partial charge on any atom is -0.504 e. The van der Waals surface area contributed by atoms with E-state index >= 15 is 0 Å². The molecule has 0 saturated heterocycles. The average molecular weight is 245 g/mol. The Morgan fingerprint density at radius 2 is 2.00 bits per heavy atom. The molecule has 3 N–H and O–H groups in total. The van der Waals surface area contributed by atoms with E-state index in [1.807, 2.05) is 20.8 Å². The average Bonchev–Trinajstić information content (AvgIpc) is 2.02. The lowest BCUT2D eigenvalue weighted by atomic mass is 9.91. The Balaban J connectivity index is 0.00000196. The molecule has 0 aliphatic rings. The van der Waals surface area contributed by atoms with Gasteiger partial charge in [0.05, 0.1) is 11.9 Å². The zero-order valence-corrected chi connectivity index (χ0v) is 10.7. The quantitative estimate of drug-likeness (QED) is 0.728. The van der Waals surface area contributed by atoms with Crippen LogP contribution in [0, 0.1) is 0 Å². The standard InChI is InChI=1S/C9H13N3OS.H2S/c1-9(2,3)6-5(13)4-11-8(12-6)7(10)14;/h4,13H,1-3H3,(H2,10,14);1H2. The molecule has 0 radical (unpaired) electrons. The van der Waals surface area contributed by atoms with Crippen molar-refractivity contribution in [3.63, 3.8) is 0 Å². The number of hydrogen-bond donors (Lipinski definition) is 2. The third kappa shape index (κ3) is 3.32. The highest BCUT2D eigenvalue weighted by molar-refractivity contribution is 7.80. The molecule has 0 amide bonds. The molecule has 1 aromatic heterocycles. The molecule has 0 bridgehead atoms. The van der Waals surface area contributed by atoms with Gasteiger partial charge in [-0.05, 0) is 0 Å². The summed E-state index contributed by atoms with van der Waals surface area (Å²) in [6.45, 7) is 5.83. The number of thiocarbonyl (C=S) groups is 1. The second-order valence-corrected chi connectivity index (χ2v) is 4.48. The molecule has 15 heavy (non-hydrogen) atoms. The van der Waals surface area contributed by atoms with Crippen LogP contribution in [-0.4, -0.2) is 20.1 Å². The summed E-state index contributed by atoms with van der Waals surface area (Å²) in [5, 5.41) is 9.54. The molecule has 0 spiro atoms. The third-order valence-corrected chi connectivity index (χ3v) is 1.88. The van der Waals surface area contributed by atoms with Crippen LogP contribution in [0.15, 0.2) is 6.20 Å². The summed E-state index contributed by atoms with van der Waals surface area (Å²) in [4.78, 5) is 8.08. The van der Waals surface area contributed by atoms with Crippen LogP contribution in [0.4, 0.5) is 0 Å². The van der Waals surface area contributed by atoms with Gasteiger partial charge in [-0.15, -0.1) is 0 Å². The predicted molar refractivity (Wildman–Crippen MR) is 68.7 cm³/mol. The minimum absolute atomic E-state index is 0. The third-order valence-electron chi connectivity index (χ3n) is 1.70. The van der Waals surface area contributed by atoms with Crippen LogP contribution in [0.25, 0.3) is 0 Å². The molecule has 84 valence electrons. The summed E-state index contributed by atoms with van der Waals surface area (Å²) in [6.07, 6.45) is 1.32. The van der Waals surface area contributed by atoms with E-state index in [1.54, 1.807) is 0 Å². The lowest BCUT2D eigenvalue weighted by Gasteiger charge is -2.18. The van der Waals surface area contributed by atoms with Crippen molar-refractivity contribution in [2.45, 2.75) is 26.2 Å². The fourth-order valence-corrected chi connectivity index (χ4v) is 1.14. The van der Waals surface area contributed by atoms with Gasteiger partial charge in [-0.2, -0.15) is 13.5 Å². The van der Waals surface area contributed by atoms with Crippen LogP contribution < -0.4 is 5.73 Å². The first-order valence-electron chi connectivity index (χ1n) is 4.18. The number of nitrogens with two attached hydrogens (primary N) is 1. The molecule has 4 nitrogen and oxygen atoms in total. The molecule has 1 heterocycles. The van der Waals surface area contributed by atoms with E-state index in [-0.39, 0.29) is 29.6 Å². The fourth-order valence-electron chi connectivity index (χ4n) is 1.05. The molecule has 0 aliphatic heterocycles. The van der Waals surface area contributed by atoms with Crippen molar-refractivity contribution in [3.8, 4) is 5.75 Å². The van der Waals surface area contributed by atoms with Crippen molar-refractivity contribution in [1.82, 2.24) is 9.97 Å². The first kappa shape index (κ1) is 14.1. The van der Waals surface area contributed by atoms with Gasteiger partial charge in [-0.1, -0.05) is 33.0 Å². The topological polar surface area (TPSA) is 72.0 Å². The van der Waals surface area contributed by atoms with Gasteiger partial charge < -0.3 is 10.8 Å². The second-order valence-electron chi connectivity index (χ2n) is 4.04. The van der Waals surface area contributed by atoms with Crippen molar-refractivity contribution < 1.29 is 5.11 Å². The van der Waals surface area contributed by atoms with Gasteiger partial charge in [0.1, 0.15) is 4.99 Å². The predicted octanol–water partition coefficient (Wildman–Crippen LogP) is 1.23. The largest absolute Gasteiger partial charge is 0.504 e. The molecule has 6 heteroatoms. The Bertz CT molecular complexity index is 374. The zero-order chi connectivity index (χ0) is 10.9. The summed E-state index contributed by atoms with van der Waals surface area (Å²) in [5.74, 6) is 0.361. The SMILES string of the molecule is CC(C)(C)c1nc(C(N)=S)ncc1O.S. The molecule has 0 saturated carbocycles. The maximum absolute atomic E-state index is 9.54. The first-order valence-corrected chi connectivity index (χ1v) is 4.59. The molecule has 0 fully saturated rings. The van der Waals surface area contributed by atoms with E-state index in [1.165, 1.54) is 6.20 Å². The van der Waals surface area contributed by atoms with Gasteiger partial charge in [0.15, 0.2) is 11.6 Å². The molecule has 1 rings (SSSR count). The molecular formula is C9H15N3OS2. The van der Waals surface area contributed by atoms with Crippen molar-refractivity contribution >= 4 is 30.7 Å². The smallest absolute Gasteiger partial charge is 0.187 e. The van der Waals surface area contributed by atoms with Gasteiger partial charge in [0.25, 0.3) is 0 Å². The highest BCUT2D eigenvalue weighted by Gasteiger charge is 2.21. The normalized spacial score (nSPS) is 10.6. The maximum Gasteiger partial charge on any atom is 0.187 e. The minimum atomic E-state index is -0.257. The fraction of sp³-hybridized carbons (Fsp3) is 0.444. The summed E-state index contributed by atoms with van der Waals surface area (Å²) in [5.41, 5.74) is 5.69. The molecule has 0 atom stereocenters. The monoisotopic (exact) mass is 245 g/mol. The Kier molecular flexibility index (Phi) is 4.48. The van der Waals surface area contributed by atoms with E-state index in [9.17, 15) is 5.11 Å². The van der Waals surface area contributed by atoms with Crippen LogP contribution in [-0.2, 0) is 5.41 Å². The van der Waals surface area contributed by atoms with Crippen LogP contribution >= 0.6 is 25.7 Å². The second kappa shape index (κ2) is 4.76. The lowest BCUT2D eigenvalue weighted by molar-refractivity contribution is 0.434. The van der Waals surface area contributed by atoms with Gasteiger partial charge >= 0.3 is 0 Å². The Hall–Kier alpha value is -0.880. The molecule has 0 aromatic carbocycles. The Labute approximate surface area is 101 Å². The number of hydrogen-bond acceptors (Lipinski definition) is 4. The van der Waals surface area contributed by atoms with Gasteiger partial charge in [0, 0.05) is 5.41 Å².